The molecule has 2 aliphatic heterocycles. The van der Waals surface area contributed by atoms with Crippen molar-refractivity contribution in [2.75, 3.05) is 18.0 Å². The summed E-state index contributed by atoms with van der Waals surface area (Å²) in [4.78, 5) is 2.54. The number of likely N-dealkylation sites (N-methyl/N-ethyl adjacent to an activating group) is 2. The average molecular weight is 801 g/mol. The van der Waals surface area contributed by atoms with Gasteiger partial charge in [0.1, 0.15) is 6.54 Å². The number of fused-ring (bicyclic) bond motifs is 6. The second-order valence-corrected chi connectivity index (χ2v) is 18.5. The molecule has 2 unspecified atom stereocenters. The van der Waals surface area contributed by atoms with Crippen LogP contribution in [0.4, 0.5) is 30.9 Å². The quantitative estimate of drug-likeness (QED) is 0.107. The first kappa shape index (κ1) is 40.5. The van der Waals surface area contributed by atoms with E-state index in [0.29, 0.717) is 12.0 Å². The SMILES string of the molecule is CCN1C(=CC=C2CCCC(C=CC3=[N+](CC)C4C=Cc5ccccc5C4C3(C)C)=C2c2ccccc2)C(C)(C)c2c1ccc1ccccc21.F[P-](F)(F)(F)(F)F. The van der Waals surface area contributed by atoms with Crippen molar-refractivity contribution in [1.82, 2.24) is 0 Å². The summed E-state index contributed by atoms with van der Waals surface area (Å²) in [5.41, 5.74) is 14.0. The molecule has 0 amide bonds. The van der Waals surface area contributed by atoms with Crippen LogP contribution in [0.5, 0.6) is 0 Å². The molecule has 2 heterocycles. The molecule has 0 fully saturated rings. The Kier molecular flexibility index (Phi) is 9.96. The van der Waals surface area contributed by atoms with Crippen LogP contribution in [0.25, 0.3) is 22.4 Å². The molecule has 2 aliphatic carbocycles. The van der Waals surface area contributed by atoms with Crippen molar-refractivity contribution in [3.63, 3.8) is 0 Å². The van der Waals surface area contributed by atoms with E-state index >= 15 is 0 Å². The van der Waals surface area contributed by atoms with Gasteiger partial charge >= 0.3 is 33.0 Å². The minimum absolute atomic E-state index is 0.0140. The Hall–Kier alpha value is -4.68. The molecule has 57 heavy (non-hydrogen) atoms. The maximum atomic E-state index is 9.87. The number of nitrogens with zero attached hydrogens (tertiary/aromatic N) is 2. The van der Waals surface area contributed by atoms with E-state index in [-0.39, 0.29) is 10.8 Å². The second-order valence-electron chi connectivity index (χ2n) is 16.6. The van der Waals surface area contributed by atoms with Crippen molar-refractivity contribution in [3.8, 4) is 0 Å². The first-order valence-electron chi connectivity index (χ1n) is 19.9. The molecule has 2 atom stereocenters. The van der Waals surface area contributed by atoms with E-state index in [9.17, 15) is 25.2 Å². The molecule has 300 valence electrons. The minimum atomic E-state index is -10.7. The number of hydrogen-bond acceptors (Lipinski definition) is 1. The number of anilines is 1. The molecule has 4 aromatic carbocycles. The molecule has 0 aromatic heterocycles. The Morgan fingerprint density at radius 3 is 2.14 bits per heavy atom. The predicted molar refractivity (Wildman–Crippen MR) is 228 cm³/mol. The first-order valence-corrected chi connectivity index (χ1v) is 21.9. The summed E-state index contributed by atoms with van der Waals surface area (Å²) in [7, 11) is -10.7. The van der Waals surface area contributed by atoms with E-state index in [4.69, 9.17) is 0 Å². The summed E-state index contributed by atoms with van der Waals surface area (Å²) in [6.45, 7) is 16.3. The molecule has 0 saturated heterocycles. The summed E-state index contributed by atoms with van der Waals surface area (Å²) < 4.78 is 61.9. The third-order valence-electron chi connectivity index (χ3n) is 12.1. The van der Waals surface area contributed by atoms with Gasteiger partial charge in [-0.2, -0.15) is 0 Å². The van der Waals surface area contributed by atoms with E-state index in [1.165, 1.54) is 66.8 Å². The molecule has 0 N–H and O–H groups in total. The zero-order valence-electron chi connectivity index (χ0n) is 33.4. The van der Waals surface area contributed by atoms with Crippen molar-refractivity contribution < 1.29 is 29.8 Å². The fourth-order valence-corrected chi connectivity index (χ4v) is 9.89. The number of halogens is 6. The van der Waals surface area contributed by atoms with Crippen LogP contribution in [0.3, 0.4) is 0 Å². The predicted octanol–water partition coefficient (Wildman–Crippen LogP) is 15.0. The molecule has 0 bridgehead atoms. The van der Waals surface area contributed by atoms with Gasteiger partial charge in [0, 0.05) is 29.4 Å². The van der Waals surface area contributed by atoms with Crippen molar-refractivity contribution >= 4 is 41.6 Å². The Morgan fingerprint density at radius 2 is 1.44 bits per heavy atom. The van der Waals surface area contributed by atoms with Crippen molar-refractivity contribution in [2.45, 2.75) is 78.2 Å². The van der Waals surface area contributed by atoms with Crippen LogP contribution >= 0.6 is 7.81 Å². The summed E-state index contributed by atoms with van der Waals surface area (Å²) in [5, 5.41) is 2.68. The Balaban J connectivity index is 0.000000651. The van der Waals surface area contributed by atoms with Crippen LogP contribution in [-0.4, -0.2) is 29.4 Å². The molecule has 8 rings (SSSR count). The molecule has 0 saturated carbocycles. The number of allylic oxidation sites excluding steroid dienone is 8. The Labute approximate surface area is 332 Å². The van der Waals surface area contributed by atoms with E-state index in [1.54, 1.807) is 0 Å². The molecule has 4 aliphatic rings. The number of rotatable bonds is 6. The maximum absolute atomic E-state index is 10.7. The molecule has 0 spiro atoms. The molecule has 9 heteroatoms. The van der Waals surface area contributed by atoms with Gasteiger partial charge in [0.15, 0.2) is 11.8 Å². The summed E-state index contributed by atoms with van der Waals surface area (Å²) >= 11 is 0. The van der Waals surface area contributed by atoms with Gasteiger partial charge in [-0.15, -0.1) is 0 Å². The van der Waals surface area contributed by atoms with E-state index < -0.39 is 7.81 Å². The fourth-order valence-electron chi connectivity index (χ4n) is 9.89. The Morgan fingerprint density at radius 1 is 0.772 bits per heavy atom. The number of hydrogen-bond donors (Lipinski definition) is 0. The molecule has 4 aromatic rings. The van der Waals surface area contributed by atoms with Gasteiger partial charge in [-0.3, -0.25) is 0 Å². The molecule has 2 nitrogen and oxygen atoms in total. The van der Waals surface area contributed by atoms with Gasteiger partial charge in [0.2, 0.25) is 0 Å². The summed E-state index contributed by atoms with van der Waals surface area (Å²) in [6, 6.07) is 34.0. The van der Waals surface area contributed by atoms with Crippen LogP contribution in [0.2, 0.25) is 0 Å². The van der Waals surface area contributed by atoms with Gasteiger partial charge in [-0.25, -0.2) is 4.58 Å². The van der Waals surface area contributed by atoms with Gasteiger partial charge < -0.3 is 4.90 Å². The summed E-state index contributed by atoms with van der Waals surface area (Å²) in [5.74, 6) is 0.442. The monoisotopic (exact) mass is 800 g/mol. The van der Waals surface area contributed by atoms with Crippen LogP contribution < -0.4 is 4.90 Å². The topological polar surface area (TPSA) is 6.25 Å². The van der Waals surface area contributed by atoms with Gasteiger partial charge in [0.25, 0.3) is 0 Å². The van der Waals surface area contributed by atoms with Crippen LogP contribution in [0, 0.1) is 5.41 Å². The standard InChI is InChI=1S/C48H51N2.F6P/c1-7-49-40-29-25-33-17-12-14-23-38(33)45(40)47(3,4)42(49)31-27-36-21-16-22-37(44(36)35-19-10-9-11-20-35)28-32-43-48(5,6)46-39-24-15-13-18-34(39)26-30-41(46)50(43)8-2;1-7(2,3,4,5)6/h9-15,17-20,23-32,40,45H,7-8,16,21-22H2,1-6H3;/q+1;-1. The third kappa shape index (κ3) is 8.21. The van der Waals surface area contributed by atoms with Gasteiger partial charge in [0.05, 0.1) is 11.3 Å². The van der Waals surface area contributed by atoms with E-state index in [2.05, 4.69) is 178 Å². The van der Waals surface area contributed by atoms with Crippen LogP contribution in [0.15, 0.2) is 138 Å². The normalized spacial score (nSPS) is 23.7. The molecular formula is C48H51F6N2P. The third-order valence-corrected chi connectivity index (χ3v) is 12.1. The Bertz CT molecular complexity index is 2400. The molecule has 0 radical (unpaired) electrons. The fraction of sp³-hybridized carbons (Fsp3) is 0.312. The van der Waals surface area contributed by atoms with Crippen LogP contribution in [-0.2, 0) is 5.41 Å². The molecular weight excluding hydrogens is 750 g/mol. The van der Waals surface area contributed by atoms with Crippen molar-refractivity contribution in [1.29, 1.82) is 0 Å². The summed E-state index contributed by atoms with van der Waals surface area (Å²) in [6.07, 6.45) is 18.0. The van der Waals surface area contributed by atoms with Gasteiger partial charge in [-0.05, 0) is 115 Å². The van der Waals surface area contributed by atoms with E-state index in [0.717, 1.165) is 32.4 Å². The second kappa shape index (κ2) is 14.0. The average Bonchev–Trinajstić information content (AvgIpc) is 3.53. The number of benzene rings is 4. The zero-order valence-corrected chi connectivity index (χ0v) is 34.3. The van der Waals surface area contributed by atoms with Crippen molar-refractivity contribution in [3.05, 3.63) is 160 Å². The van der Waals surface area contributed by atoms with Crippen molar-refractivity contribution in [2.24, 2.45) is 5.41 Å². The van der Waals surface area contributed by atoms with Gasteiger partial charge in [-0.1, -0.05) is 117 Å². The van der Waals surface area contributed by atoms with Crippen LogP contribution in [0.1, 0.15) is 89.0 Å². The zero-order chi connectivity index (χ0) is 41.0. The first-order chi connectivity index (χ1) is 26.7. The van der Waals surface area contributed by atoms with E-state index in [1.807, 2.05) is 0 Å².